The lowest BCUT2D eigenvalue weighted by atomic mass is 9.89. The first-order valence-corrected chi connectivity index (χ1v) is 9.28. The third-order valence-corrected chi connectivity index (χ3v) is 5.19. The van der Waals surface area contributed by atoms with Crippen molar-refractivity contribution >= 4 is 5.91 Å². The fourth-order valence-electron chi connectivity index (χ4n) is 3.75. The highest BCUT2D eigenvalue weighted by Gasteiger charge is 2.39. The van der Waals surface area contributed by atoms with Crippen LogP contribution in [-0.4, -0.2) is 27.5 Å². The van der Waals surface area contributed by atoms with Crippen LogP contribution in [-0.2, 0) is 11.3 Å². The molecule has 1 fully saturated rings. The number of aryl methyl sites for hydroxylation is 1. The molecule has 2 aromatic rings. The van der Waals surface area contributed by atoms with Gasteiger partial charge in [-0.05, 0) is 31.2 Å². The van der Waals surface area contributed by atoms with E-state index in [0.717, 1.165) is 0 Å². The molecule has 1 aromatic carbocycles. The molecule has 1 amide bonds. The van der Waals surface area contributed by atoms with Gasteiger partial charge >= 0.3 is 0 Å². The zero-order chi connectivity index (χ0) is 21.3. The molecule has 2 heterocycles. The molecule has 1 aliphatic carbocycles. The van der Waals surface area contributed by atoms with Gasteiger partial charge in [-0.2, -0.15) is 20.9 Å². The van der Waals surface area contributed by atoms with Crippen molar-refractivity contribution in [3.8, 4) is 29.7 Å². The molecule has 8 heteroatoms. The Morgan fingerprint density at radius 1 is 1.20 bits per heavy atom. The molecular formula is C22H16N6O2. The topological polar surface area (TPSA) is 130 Å². The van der Waals surface area contributed by atoms with E-state index in [4.69, 9.17) is 20.5 Å². The third kappa shape index (κ3) is 3.41. The maximum atomic E-state index is 12.8. The number of H-pyrrole nitrogens is 1. The van der Waals surface area contributed by atoms with Gasteiger partial charge in [0.15, 0.2) is 5.75 Å². The number of aromatic nitrogens is 2. The molecule has 0 bridgehead atoms. The van der Waals surface area contributed by atoms with E-state index in [0.29, 0.717) is 46.1 Å². The predicted molar refractivity (Wildman–Crippen MR) is 105 cm³/mol. The zero-order valence-corrected chi connectivity index (χ0v) is 16.1. The third-order valence-electron chi connectivity index (χ3n) is 5.19. The number of hydrogen-bond donors (Lipinski definition) is 1. The number of hydrogen-bond acceptors (Lipinski definition) is 6. The molecule has 0 spiro atoms. The summed E-state index contributed by atoms with van der Waals surface area (Å²) in [6.45, 7) is 2.54. The molecule has 1 saturated heterocycles. The normalized spacial score (nSPS) is 19.5. The summed E-state index contributed by atoms with van der Waals surface area (Å²) < 4.78 is 5.96. The number of nitrogens with one attached hydrogen (secondary N) is 1. The van der Waals surface area contributed by atoms with Gasteiger partial charge in [0.25, 0.3) is 0 Å². The number of benzene rings is 1. The summed E-state index contributed by atoms with van der Waals surface area (Å²) in [7, 11) is 0. The van der Waals surface area contributed by atoms with E-state index in [1.165, 1.54) is 6.07 Å². The van der Waals surface area contributed by atoms with E-state index < -0.39 is 0 Å². The molecule has 1 N–H and O–H groups in total. The van der Waals surface area contributed by atoms with Gasteiger partial charge in [0, 0.05) is 18.0 Å². The number of aromatic amines is 1. The van der Waals surface area contributed by atoms with Gasteiger partial charge < -0.3 is 9.64 Å². The van der Waals surface area contributed by atoms with Crippen LogP contribution in [0.4, 0.5) is 0 Å². The number of ether oxygens (including phenoxy) is 1. The maximum absolute atomic E-state index is 12.8. The summed E-state index contributed by atoms with van der Waals surface area (Å²) in [4.78, 5) is 14.5. The molecule has 8 nitrogen and oxygen atoms in total. The lowest BCUT2D eigenvalue weighted by molar-refractivity contribution is -0.130. The summed E-state index contributed by atoms with van der Waals surface area (Å²) in [6.07, 6.45) is 5.32. The standard InChI is InChI=1S/C22H16N6O2/c1-13-21(30-18-6-15(9-24)4-16(7-18)10-25)20(27-26-13)12-28-11-17-5-14(8-23)2-3-19(17)22(28)29/h2-7,17,19H,11-12H2,1H3,(H,26,27). The molecular weight excluding hydrogens is 380 g/mol. The quantitative estimate of drug-likeness (QED) is 0.846. The van der Waals surface area contributed by atoms with Gasteiger partial charge in [-0.3, -0.25) is 9.89 Å². The average molecular weight is 396 g/mol. The Hall–Kier alpha value is -4.35. The molecule has 2 atom stereocenters. The van der Waals surface area contributed by atoms with Crippen molar-refractivity contribution in [3.63, 3.8) is 0 Å². The number of fused-ring (bicyclic) bond motifs is 1. The van der Waals surface area contributed by atoms with Crippen molar-refractivity contribution in [2.24, 2.45) is 11.8 Å². The number of allylic oxidation sites excluding steroid dienone is 2. The average Bonchev–Trinajstić information content (AvgIpc) is 3.27. The van der Waals surface area contributed by atoms with Crippen molar-refractivity contribution < 1.29 is 9.53 Å². The SMILES string of the molecule is Cc1n[nH]c(CN2CC3C=C(C#N)C=CC3C2=O)c1Oc1cc(C#N)cc(C#N)c1. The summed E-state index contributed by atoms with van der Waals surface area (Å²) in [6, 6.07) is 10.7. The van der Waals surface area contributed by atoms with E-state index in [2.05, 4.69) is 16.3 Å². The summed E-state index contributed by atoms with van der Waals surface area (Å²) in [5, 5.41) is 34.5. The highest BCUT2D eigenvalue weighted by Crippen LogP contribution is 2.35. The van der Waals surface area contributed by atoms with Gasteiger partial charge in [0.2, 0.25) is 5.91 Å². The van der Waals surface area contributed by atoms with Crippen molar-refractivity contribution in [2.45, 2.75) is 13.5 Å². The van der Waals surface area contributed by atoms with Gasteiger partial charge in [0.1, 0.15) is 11.4 Å². The Balaban J connectivity index is 1.57. The van der Waals surface area contributed by atoms with Gasteiger partial charge in [0.05, 0.1) is 47.5 Å². The van der Waals surface area contributed by atoms with Crippen LogP contribution >= 0.6 is 0 Å². The van der Waals surface area contributed by atoms with Crippen LogP contribution in [0.5, 0.6) is 11.5 Å². The van der Waals surface area contributed by atoms with Crippen molar-refractivity contribution in [2.75, 3.05) is 6.54 Å². The van der Waals surface area contributed by atoms with Crippen molar-refractivity contribution in [3.05, 3.63) is 64.5 Å². The van der Waals surface area contributed by atoms with E-state index in [9.17, 15) is 4.79 Å². The minimum Gasteiger partial charge on any atom is -0.453 e. The van der Waals surface area contributed by atoms with Crippen LogP contribution < -0.4 is 4.74 Å². The smallest absolute Gasteiger partial charge is 0.230 e. The first-order valence-electron chi connectivity index (χ1n) is 9.28. The van der Waals surface area contributed by atoms with Crippen LogP contribution in [0.1, 0.15) is 22.5 Å². The second kappa shape index (κ2) is 7.58. The number of carbonyl (C=O) groups excluding carboxylic acids is 1. The molecule has 2 aliphatic rings. The monoisotopic (exact) mass is 396 g/mol. The van der Waals surface area contributed by atoms with Crippen LogP contribution in [0.3, 0.4) is 0 Å². The Kier molecular flexibility index (Phi) is 4.80. The van der Waals surface area contributed by atoms with E-state index in [1.807, 2.05) is 18.2 Å². The Labute approximate surface area is 172 Å². The van der Waals surface area contributed by atoms with Crippen molar-refractivity contribution in [1.29, 1.82) is 15.8 Å². The minimum atomic E-state index is -0.263. The number of nitriles is 3. The summed E-state index contributed by atoms with van der Waals surface area (Å²) in [5.74, 6) is 0.501. The predicted octanol–water partition coefficient (Wildman–Crippen LogP) is 2.85. The number of amides is 1. The van der Waals surface area contributed by atoms with Gasteiger partial charge in [-0.1, -0.05) is 12.2 Å². The molecule has 4 rings (SSSR count). The second-order valence-corrected chi connectivity index (χ2v) is 7.19. The van der Waals surface area contributed by atoms with Gasteiger partial charge in [-0.15, -0.1) is 0 Å². The number of carbonyl (C=O) groups is 1. The van der Waals surface area contributed by atoms with Crippen molar-refractivity contribution in [1.82, 2.24) is 15.1 Å². The molecule has 1 aromatic heterocycles. The molecule has 1 aliphatic heterocycles. The Morgan fingerprint density at radius 2 is 1.93 bits per heavy atom. The van der Waals surface area contributed by atoms with E-state index >= 15 is 0 Å². The van der Waals surface area contributed by atoms with Crippen LogP contribution in [0, 0.1) is 52.8 Å². The minimum absolute atomic E-state index is 0.0130. The highest BCUT2D eigenvalue weighted by atomic mass is 16.5. The van der Waals surface area contributed by atoms with Gasteiger partial charge in [-0.25, -0.2) is 0 Å². The summed E-state index contributed by atoms with van der Waals surface area (Å²) >= 11 is 0. The lowest BCUT2D eigenvalue weighted by Crippen LogP contribution is -2.26. The summed E-state index contributed by atoms with van der Waals surface area (Å²) in [5.41, 5.74) is 2.42. The molecule has 0 radical (unpaired) electrons. The molecule has 2 unspecified atom stereocenters. The number of nitrogens with zero attached hydrogens (tertiary/aromatic N) is 5. The first-order chi connectivity index (χ1) is 14.5. The second-order valence-electron chi connectivity index (χ2n) is 7.19. The first kappa shape index (κ1) is 19.0. The van der Waals surface area contributed by atoms with Crippen LogP contribution in [0.15, 0.2) is 42.0 Å². The largest absolute Gasteiger partial charge is 0.453 e. The molecule has 0 saturated carbocycles. The Morgan fingerprint density at radius 3 is 2.60 bits per heavy atom. The lowest BCUT2D eigenvalue weighted by Gasteiger charge is -2.16. The molecule has 30 heavy (non-hydrogen) atoms. The highest BCUT2D eigenvalue weighted by molar-refractivity contribution is 5.84. The van der Waals surface area contributed by atoms with Crippen LogP contribution in [0.25, 0.3) is 0 Å². The van der Waals surface area contributed by atoms with E-state index in [-0.39, 0.29) is 24.3 Å². The zero-order valence-electron chi connectivity index (χ0n) is 16.1. The van der Waals surface area contributed by atoms with Crippen LogP contribution in [0.2, 0.25) is 0 Å². The molecule has 146 valence electrons. The van der Waals surface area contributed by atoms with E-state index in [1.54, 1.807) is 36.1 Å². The number of rotatable bonds is 4. The number of likely N-dealkylation sites (tertiary alicyclic amines) is 1. The maximum Gasteiger partial charge on any atom is 0.230 e. The Bertz CT molecular complexity index is 1190. The fraction of sp³-hybridized carbons (Fsp3) is 0.227. The fourth-order valence-corrected chi connectivity index (χ4v) is 3.75.